The minimum atomic E-state index is -0.350. The highest BCUT2D eigenvalue weighted by Gasteiger charge is 2.33. The molecule has 0 aliphatic carbocycles. The molecule has 3 heteroatoms. The lowest BCUT2D eigenvalue weighted by Crippen LogP contribution is -2.32. The molecule has 0 radical (unpaired) electrons. The van der Waals surface area contributed by atoms with Crippen molar-refractivity contribution in [2.45, 2.75) is 27.2 Å². The van der Waals surface area contributed by atoms with Crippen molar-refractivity contribution in [2.24, 2.45) is 11.3 Å². The first kappa shape index (κ1) is 10.5. The number of likely N-dealkylation sites (tertiary alicyclic amines) is 1. The summed E-state index contributed by atoms with van der Waals surface area (Å²) in [5, 5.41) is 8.69. The highest BCUT2D eigenvalue weighted by molar-refractivity contribution is 5.77. The fraction of sp³-hybridized carbons (Fsp3) is 0.900. The maximum absolute atomic E-state index is 11.2. The molecule has 1 unspecified atom stereocenters. The van der Waals surface area contributed by atoms with Crippen molar-refractivity contribution >= 4 is 5.91 Å². The van der Waals surface area contributed by atoms with Crippen LogP contribution in [0.1, 0.15) is 27.2 Å². The zero-order valence-corrected chi connectivity index (χ0v) is 8.71. The first-order valence-corrected chi connectivity index (χ1v) is 4.84. The van der Waals surface area contributed by atoms with Crippen LogP contribution < -0.4 is 0 Å². The number of carbonyl (C=O) groups excluding carboxylic acids is 1. The van der Waals surface area contributed by atoms with E-state index in [9.17, 15) is 4.79 Å². The van der Waals surface area contributed by atoms with E-state index in [4.69, 9.17) is 5.11 Å². The van der Waals surface area contributed by atoms with Crippen LogP contribution in [0.15, 0.2) is 0 Å². The Hall–Kier alpha value is -0.570. The van der Waals surface area contributed by atoms with Crippen LogP contribution in [0.25, 0.3) is 0 Å². The summed E-state index contributed by atoms with van der Waals surface area (Å²) >= 11 is 0. The van der Waals surface area contributed by atoms with Gasteiger partial charge < -0.3 is 10.0 Å². The number of rotatable bonds is 1. The average molecular weight is 185 g/mol. The summed E-state index contributed by atoms with van der Waals surface area (Å²) in [6.45, 7) is 7.86. The lowest BCUT2D eigenvalue weighted by atomic mass is 9.80. The number of nitrogens with zero attached hydrogens (tertiary/aromatic N) is 1. The number of hydrogen-bond acceptors (Lipinski definition) is 2. The zero-order chi connectivity index (χ0) is 10.1. The monoisotopic (exact) mass is 185 g/mol. The molecule has 0 aromatic heterocycles. The van der Waals surface area contributed by atoms with Crippen LogP contribution in [0.4, 0.5) is 0 Å². The van der Waals surface area contributed by atoms with Crippen LogP contribution in [0.2, 0.25) is 0 Å². The highest BCUT2D eigenvalue weighted by Crippen LogP contribution is 2.33. The minimum Gasteiger partial charge on any atom is -0.387 e. The summed E-state index contributed by atoms with van der Waals surface area (Å²) in [5.41, 5.74) is 0.268. The fourth-order valence-corrected chi connectivity index (χ4v) is 1.79. The van der Waals surface area contributed by atoms with Crippen LogP contribution in [0.3, 0.4) is 0 Å². The Morgan fingerprint density at radius 3 is 2.54 bits per heavy atom. The maximum Gasteiger partial charge on any atom is 0.248 e. The second-order valence-corrected chi connectivity index (χ2v) is 4.85. The van der Waals surface area contributed by atoms with E-state index < -0.39 is 0 Å². The third-order valence-electron chi connectivity index (χ3n) is 2.90. The topological polar surface area (TPSA) is 40.5 Å². The van der Waals surface area contributed by atoms with Crippen LogP contribution in [-0.4, -0.2) is 35.6 Å². The maximum atomic E-state index is 11.2. The number of hydrogen-bond donors (Lipinski definition) is 1. The molecule has 0 bridgehead atoms. The Morgan fingerprint density at radius 2 is 2.15 bits per heavy atom. The van der Waals surface area contributed by atoms with Gasteiger partial charge in [-0.1, -0.05) is 20.8 Å². The summed E-state index contributed by atoms with van der Waals surface area (Å²) in [6, 6.07) is 0. The molecule has 1 heterocycles. The molecule has 13 heavy (non-hydrogen) atoms. The van der Waals surface area contributed by atoms with E-state index in [1.165, 1.54) is 0 Å². The Labute approximate surface area is 79.7 Å². The van der Waals surface area contributed by atoms with Crippen LogP contribution in [-0.2, 0) is 4.79 Å². The summed E-state index contributed by atoms with van der Waals surface area (Å²) in [7, 11) is 0. The third-order valence-corrected chi connectivity index (χ3v) is 2.90. The molecule has 1 aliphatic heterocycles. The van der Waals surface area contributed by atoms with Gasteiger partial charge in [-0.05, 0) is 17.8 Å². The SMILES string of the molecule is CC(C)(C)C1CCN(C(=O)CO)C1. The second-order valence-electron chi connectivity index (χ2n) is 4.85. The van der Waals surface area contributed by atoms with Crippen LogP contribution in [0.5, 0.6) is 0 Å². The Kier molecular flexibility index (Phi) is 2.96. The van der Waals surface area contributed by atoms with Gasteiger partial charge in [-0.2, -0.15) is 0 Å². The lowest BCUT2D eigenvalue weighted by molar-refractivity contribution is -0.133. The molecule has 0 aromatic carbocycles. The summed E-state index contributed by atoms with van der Waals surface area (Å²) in [5.74, 6) is 0.440. The van der Waals surface area contributed by atoms with Crippen molar-refractivity contribution in [2.75, 3.05) is 19.7 Å². The van der Waals surface area contributed by atoms with Gasteiger partial charge >= 0.3 is 0 Å². The van der Waals surface area contributed by atoms with Gasteiger partial charge in [0.05, 0.1) is 0 Å². The molecule has 1 N–H and O–H groups in total. The quantitative estimate of drug-likeness (QED) is 0.658. The van der Waals surface area contributed by atoms with Crippen molar-refractivity contribution in [3.8, 4) is 0 Å². The molecule has 1 saturated heterocycles. The van der Waals surface area contributed by atoms with Crippen LogP contribution in [0, 0.1) is 11.3 Å². The lowest BCUT2D eigenvalue weighted by Gasteiger charge is -2.26. The van der Waals surface area contributed by atoms with Crippen molar-refractivity contribution in [1.29, 1.82) is 0 Å². The fourth-order valence-electron chi connectivity index (χ4n) is 1.79. The number of aliphatic hydroxyl groups excluding tert-OH is 1. The Balaban J connectivity index is 2.50. The predicted molar refractivity (Wildman–Crippen MR) is 51.2 cm³/mol. The Morgan fingerprint density at radius 1 is 1.54 bits per heavy atom. The van der Waals surface area contributed by atoms with Crippen molar-refractivity contribution in [3.05, 3.63) is 0 Å². The molecule has 1 atom stereocenters. The predicted octanol–water partition coefficient (Wildman–Crippen LogP) is 0.873. The van der Waals surface area contributed by atoms with E-state index in [1.54, 1.807) is 4.90 Å². The van der Waals surface area contributed by atoms with Crippen molar-refractivity contribution in [1.82, 2.24) is 4.90 Å². The molecule has 0 spiro atoms. The first-order valence-electron chi connectivity index (χ1n) is 4.84. The molecule has 1 fully saturated rings. The van der Waals surface area contributed by atoms with E-state index in [1.807, 2.05) is 0 Å². The molecule has 0 aromatic rings. The normalized spacial score (nSPS) is 23.7. The van der Waals surface area contributed by atoms with Crippen molar-refractivity contribution < 1.29 is 9.90 Å². The van der Waals surface area contributed by atoms with E-state index in [0.717, 1.165) is 19.5 Å². The van der Waals surface area contributed by atoms with E-state index in [-0.39, 0.29) is 17.9 Å². The number of amides is 1. The average Bonchev–Trinajstić information content (AvgIpc) is 2.50. The van der Waals surface area contributed by atoms with Gasteiger partial charge in [0.2, 0.25) is 5.91 Å². The molecule has 1 rings (SSSR count). The van der Waals surface area contributed by atoms with E-state index in [0.29, 0.717) is 5.92 Å². The van der Waals surface area contributed by atoms with Gasteiger partial charge in [-0.25, -0.2) is 0 Å². The molecule has 0 saturated carbocycles. The molecular formula is C10H19NO2. The van der Waals surface area contributed by atoms with Gasteiger partial charge in [0, 0.05) is 13.1 Å². The molecule has 76 valence electrons. The smallest absolute Gasteiger partial charge is 0.248 e. The molecule has 3 nitrogen and oxygen atoms in total. The largest absolute Gasteiger partial charge is 0.387 e. The molecule has 1 aliphatic rings. The van der Waals surface area contributed by atoms with Gasteiger partial charge in [-0.15, -0.1) is 0 Å². The van der Waals surface area contributed by atoms with E-state index >= 15 is 0 Å². The van der Waals surface area contributed by atoms with E-state index in [2.05, 4.69) is 20.8 Å². The Bertz CT molecular complexity index is 196. The summed E-state index contributed by atoms with van der Waals surface area (Å²) < 4.78 is 0. The highest BCUT2D eigenvalue weighted by atomic mass is 16.3. The number of carbonyl (C=O) groups is 1. The summed E-state index contributed by atoms with van der Waals surface area (Å²) in [6.07, 6.45) is 1.06. The van der Waals surface area contributed by atoms with Crippen LogP contribution >= 0.6 is 0 Å². The number of aliphatic hydroxyl groups is 1. The van der Waals surface area contributed by atoms with Gasteiger partial charge in [0.1, 0.15) is 6.61 Å². The second kappa shape index (κ2) is 3.66. The standard InChI is InChI=1S/C10H19NO2/c1-10(2,3)8-4-5-11(6-8)9(13)7-12/h8,12H,4-7H2,1-3H3. The minimum absolute atomic E-state index is 0.133. The third kappa shape index (κ3) is 2.44. The zero-order valence-electron chi connectivity index (χ0n) is 8.71. The molecular weight excluding hydrogens is 166 g/mol. The van der Waals surface area contributed by atoms with Gasteiger partial charge in [0.15, 0.2) is 0 Å². The molecule has 1 amide bonds. The summed E-state index contributed by atoms with van der Waals surface area (Å²) in [4.78, 5) is 12.9. The van der Waals surface area contributed by atoms with Crippen molar-refractivity contribution in [3.63, 3.8) is 0 Å². The first-order chi connectivity index (χ1) is 5.95. The van der Waals surface area contributed by atoms with Gasteiger partial charge in [0.25, 0.3) is 0 Å². The van der Waals surface area contributed by atoms with Gasteiger partial charge in [-0.3, -0.25) is 4.79 Å².